The first-order chi connectivity index (χ1) is 10.5. The number of carbonyl (C=O) groups is 2. The van der Waals surface area contributed by atoms with Gasteiger partial charge in [0.25, 0.3) is 5.91 Å². The van der Waals surface area contributed by atoms with Gasteiger partial charge in [0, 0.05) is 17.1 Å². The lowest BCUT2D eigenvalue weighted by Gasteiger charge is -2.33. The van der Waals surface area contributed by atoms with Gasteiger partial charge in [-0.25, -0.2) is 4.79 Å². The van der Waals surface area contributed by atoms with Gasteiger partial charge in [-0.15, -0.1) is 0 Å². The van der Waals surface area contributed by atoms with Crippen LogP contribution in [0.5, 0.6) is 0 Å². The lowest BCUT2D eigenvalue weighted by atomic mass is 9.89. The second-order valence-corrected chi connectivity index (χ2v) is 5.85. The zero-order valence-electron chi connectivity index (χ0n) is 11.9. The van der Waals surface area contributed by atoms with Crippen molar-refractivity contribution in [2.45, 2.75) is 18.9 Å². The first-order valence-corrected chi connectivity index (χ1v) is 7.24. The molecule has 0 aromatic heterocycles. The number of halogens is 1. The van der Waals surface area contributed by atoms with Crippen LogP contribution in [0.25, 0.3) is 0 Å². The fourth-order valence-electron chi connectivity index (χ4n) is 2.46. The number of esters is 1. The maximum atomic E-state index is 12.5. The number of anilines is 1. The maximum Gasteiger partial charge on any atom is 0.339 e. The van der Waals surface area contributed by atoms with E-state index in [0.717, 1.165) is 5.56 Å². The van der Waals surface area contributed by atoms with E-state index >= 15 is 0 Å². The summed E-state index contributed by atoms with van der Waals surface area (Å²) in [6, 6.07) is 13.9. The quantitative estimate of drug-likeness (QED) is 0.864. The third-order valence-electron chi connectivity index (χ3n) is 3.67. The monoisotopic (exact) mass is 315 g/mol. The van der Waals surface area contributed by atoms with Crippen LogP contribution >= 0.6 is 11.6 Å². The van der Waals surface area contributed by atoms with Crippen molar-refractivity contribution in [2.24, 2.45) is 0 Å². The van der Waals surface area contributed by atoms with E-state index < -0.39 is 11.6 Å². The van der Waals surface area contributed by atoms with Crippen LogP contribution in [0.3, 0.4) is 0 Å². The van der Waals surface area contributed by atoms with E-state index in [-0.39, 0.29) is 5.91 Å². The third kappa shape index (κ3) is 2.70. The molecule has 0 bridgehead atoms. The maximum absolute atomic E-state index is 12.5. The summed E-state index contributed by atoms with van der Waals surface area (Å²) in [6.45, 7) is 1.62. The molecule has 0 saturated carbocycles. The van der Waals surface area contributed by atoms with Crippen LogP contribution in [0.15, 0.2) is 48.5 Å². The Morgan fingerprint density at radius 1 is 1.18 bits per heavy atom. The fraction of sp³-hybridized carbons (Fsp3) is 0.176. The Morgan fingerprint density at radius 3 is 2.59 bits per heavy atom. The third-order valence-corrected chi connectivity index (χ3v) is 3.92. The molecule has 0 aliphatic carbocycles. The van der Waals surface area contributed by atoms with Crippen LogP contribution in [0.2, 0.25) is 5.02 Å². The highest BCUT2D eigenvalue weighted by Gasteiger charge is 2.42. The predicted octanol–water partition coefficient (Wildman–Crippen LogP) is 3.45. The van der Waals surface area contributed by atoms with Crippen LogP contribution < -0.4 is 5.32 Å². The van der Waals surface area contributed by atoms with E-state index in [1.807, 2.05) is 12.1 Å². The Morgan fingerprint density at radius 2 is 1.86 bits per heavy atom. The van der Waals surface area contributed by atoms with Gasteiger partial charge in [0.05, 0.1) is 5.56 Å². The second kappa shape index (κ2) is 5.46. The molecular formula is C17H14ClNO3. The number of hydrogen-bond donors (Lipinski definition) is 1. The molecule has 2 aromatic carbocycles. The molecule has 0 saturated heterocycles. The summed E-state index contributed by atoms with van der Waals surface area (Å²) in [7, 11) is 0. The van der Waals surface area contributed by atoms with Gasteiger partial charge >= 0.3 is 5.97 Å². The molecule has 2 aromatic rings. The van der Waals surface area contributed by atoms with Crippen molar-refractivity contribution in [3.8, 4) is 0 Å². The van der Waals surface area contributed by atoms with E-state index in [1.54, 1.807) is 43.3 Å². The van der Waals surface area contributed by atoms with Gasteiger partial charge in [0.2, 0.25) is 0 Å². The van der Waals surface area contributed by atoms with Gasteiger partial charge in [-0.2, -0.15) is 0 Å². The number of fused-ring (bicyclic) bond motifs is 1. The van der Waals surface area contributed by atoms with Gasteiger partial charge < -0.3 is 10.1 Å². The molecule has 0 fully saturated rings. The molecule has 1 N–H and O–H groups in total. The minimum atomic E-state index is -1.23. The number of carbonyl (C=O) groups excluding carboxylic acids is 2. The number of hydrogen-bond acceptors (Lipinski definition) is 3. The molecule has 1 aliphatic heterocycles. The molecule has 1 unspecified atom stereocenters. The van der Waals surface area contributed by atoms with Crippen LogP contribution in [0.4, 0.5) is 5.69 Å². The minimum Gasteiger partial charge on any atom is -0.445 e. The lowest BCUT2D eigenvalue weighted by molar-refractivity contribution is -0.134. The van der Waals surface area contributed by atoms with Gasteiger partial charge in [0.15, 0.2) is 5.60 Å². The van der Waals surface area contributed by atoms with Crippen LogP contribution in [0, 0.1) is 0 Å². The lowest BCUT2D eigenvalue weighted by Crippen LogP contribution is -2.48. The Kier molecular flexibility index (Phi) is 3.62. The summed E-state index contributed by atoms with van der Waals surface area (Å²) in [4.78, 5) is 24.6. The van der Waals surface area contributed by atoms with Crippen LogP contribution in [0.1, 0.15) is 22.8 Å². The summed E-state index contributed by atoms with van der Waals surface area (Å²) < 4.78 is 5.38. The topological polar surface area (TPSA) is 55.4 Å². The van der Waals surface area contributed by atoms with Crippen molar-refractivity contribution in [2.75, 3.05) is 5.32 Å². The van der Waals surface area contributed by atoms with Crippen molar-refractivity contribution < 1.29 is 14.3 Å². The van der Waals surface area contributed by atoms with Crippen molar-refractivity contribution in [3.05, 3.63) is 64.7 Å². The van der Waals surface area contributed by atoms with Crippen molar-refractivity contribution >= 4 is 29.2 Å². The van der Waals surface area contributed by atoms with E-state index in [9.17, 15) is 9.59 Å². The Labute approximate surface area is 133 Å². The van der Waals surface area contributed by atoms with Crippen molar-refractivity contribution in [3.63, 3.8) is 0 Å². The zero-order valence-corrected chi connectivity index (χ0v) is 12.7. The van der Waals surface area contributed by atoms with Gasteiger partial charge in [-0.05, 0) is 42.8 Å². The second-order valence-electron chi connectivity index (χ2n) is 5.42. The molecule has 5 heteroatoms. The molecule has 1 heterocycles. The van der Waals surface area contributed by atoms with Crippen LogP contribution in [-0.4, -0.2) is 17.5 Å². The number of amides is 1. The average molecular weight is 316 g/mol. The highest BCUT2D eigenvalue weighted by atomic mass is 35.5. The Bertz CT molecular complexity index is 742. The highest BCUT2D eigenvalue weighted by Crippen LogP contribution is 2.29. The normalized spacial score (nSPS) is 20.0. The van der Waals surface area contributed by atoms with E-state index in [4.69, 9.17) is 16.3 Å². The number of cyclic esters (lactones) is 1. The fourth-order valence-corrected chi connectivity index (χ4v) is 2.58. The molecule has 4 nitrogen and oxygen atoms in total. The molecule has 1 amide bonds. The molecule has 3 rings (SSSR count). The number of benzene rings is 2. The summed E-state index contributed by atoms with van der Waals surface area (Å²) in [5.74, 6) is -0.840. The summed E-state index contributed by atoms with van der Waals surface area (Å²) in [5, 5.41) is 3.34. The zero-order chi connectivity index (χ0) is 15.7. The Hall–Kier alpha value is -2.33. The van der Waals surface area contributed by atoms with E-state index in [0.29, 0.717) is 22.7 Å². The summed E-state index contributed by atoms with van der Waals surface area (Å²) in [6.07, 6.45) is 0.342. The smallest absolute Gasteiger partial charge is 0.339 e. The van der Waals surface area contributed by atoms with Gasteiger partial charge in [-0.3, -0.25) is 4.79 Å². The predicted molar refractivity (Wildman–Crippen MR) is 84.0 cm³/mol. The molecular weight excluding hydrogens is 302 g/mol. The molecule has 112 valence electrons. The standard InChI is InChI=1S/C17H14ClNO3/c1-17(16(21)19-13-8-6-12(18)7-9-13)10-11-4-2-3-5-14(11)15(20)22-17/h2-9H,10H2,1H3,(H,19,21). The average Bonchev–Trinajstić information content (AvgIpc) is 2.49. The minimum absolute atomic E-state index is 0.342. The molecule has 1 aliphatic rings. The summed E-state index contributed by atoms with van der Waals surface area (Å²) in [5.41, 5.74) is 0.697. The summed E-state index contributed by atoms with van der Waals surface area (Å²) >= 11 is 5.82. The molecule has 0 radical (unpaired) electrons. The molecule has 22 heavy (non-hydrogen) atoms. The molecule has 0 spiro atoms. The van der Waals surface area contributed by atoms with E-state index in [2.05, 4.69) is 5.32 Å². The van der Waals surface area contributed by atoms with Gasteiger partial charge in [-0.1, -0.05) is 29.8 Å². The van der Waals surface area contributed by atoms with E-state index in [1.165, 1.54) is 0 Å². The Balaban J connectivity index is 1.83. The SMILES string of the molecule is CC1(C(=O)Nc2ccc(Cl)cc2)Cc2ccccc2C(=O)O1. The van der Waals surface area contributed by atoms with Gasteiger partial charge in [0.1, 0.15) is 0 Å². The van der Waals surface area contributed by atoms with Crippen molar-refractivity contribution in [1.29, 1.82) is 0 Å². The highest BCUT2D eigenvalue weighted by molar-refractivity contribution is 6.30. The molecule has 1 atom stereocenters. The number of rotatable bonds is 2. The van der Waals surface area contributed by atoms with Crippen molar-refractivity contribution in [1.82, 2.24) is 0 Å². The largest absolute Gasteiger partial charge is 0.445 e. The van der Waals surface area contributed by atoms with Crippen LogP contribution in [-0.2, 0) is 16.0 Å². The number of nitrogens with one attached hydrogen (secondary N) is 1. The number of ether oxygens (including phenoxy) is 1. The first-order valence-electron chi connectivity index (χ1n) is 6.86. The first kappa shape index (κ1) is 14.6.